The van der Waals surface area contributed by atoms with Crippen LogP contribution in [0.4, 0.5) is 0 Å². The Morgan fingerprint density at radius 3 is 2.25 bits per heavy atom. The predicted octanol–water partition coefficient (Wildman–Crippen LogP) is 4.84. The van der Waals surface area contributed by atoms with Crippen molar-refractivity contribution in [2.45, 2.75) is 6.42 Å². The molecule has 0 amide bonds. The zero-order chi connectivity index (χ0) is 14.3. The Labute approximate surface area is 144 Å². The maximum atomic E-state index is 6.07. The van der Waals surface area contributed by atoms with Crippen molar-refractivity contribution in [3.8, 4) is 11.5 Å². The van der Waals surface area contributed by atoms with E-state index in [-0.39, 0.29) is 23.5 Å². The minimum atomic E-state index is 0. The lowest BCUT2D eigenvalue weighted by atomic mass is 10.3. The molecule has 0 fully saturated rings. The first-order chi connectivity index (χ1) is 9.04. The summed E-state index contributed by atoms with van der Waals surface area (Å²) in [7, 11) is 0. The van der Waals surface area contributed by atoms with E-state index < -0.39 is 0 Å². The van der Waals surface area contributed by atoms with Gasteiger partial charge in [-0.15, -0.1) is 12.4 Å². The minimum absolute atomic E-state index is 0. The van der Waals surface area contributed by atoms with Crippen molar-refractivity contribution in [1.29, 1.82) is 0 Å². The molecule has 0 aliphatic rings. The molecule has 114 valence electrons. The molecule has 8 heteroatoms. The van der Waals surface area contributed by atoms with Crippen molar-refractivity contribution in [2.24, 2.45) is 5.73 Å². The fourth-order valence-electron chi connectivity index (χ4n) is 1.22. The van der Waals surface area contributed by atoms with E-state index in [0.29, 0.717) is 34.7 Å². The van der Waals surface area contributed by atoms with Gasteiger partial charge in [0.2, 0.25) is 0 Å². The summed E-state index contributed by atoms with van der Waals surface area (Å²) in [6, 6.07) is 3.22. The Balaban J connectivity index is 0.00000361. The second-order valence-electron chi connectivity index (χ2n) is 3.51. The second kappa shape index (κ2) is 10.7. The molecule has 0 radical (unpaired) electrons. The lowest BCUT2D eigenvalue weighted by molar-refractivity contribution is 0.312. The largest absolute Gasteiger partial charge is 0.490 e. The maximum Gasteiger partial charge on any atom is 0.156 e. The van der Waals surface area contributed by atoms with Gasteiger partial charge >= 0.3 is 0 Å². The number of benzene rings is 1. The number of nitrogens with two attached hydrogens (primary N) is 1. The maximum absolute atomic E-state index is 6.07. The molecule has 0 aliphatic heterocycles. The highest BCUT2D eigenvalue weighted by atomic mass is 35.5. The average molecular weight is 382 g/mol. The highest BCUT2D eigenvalue weighted by molar-refractivity contribution is 6.55. The Hall–Kier alpha value is -0.0300. The second-order valence-corrected chi connectivity index (χ2v) is 5.33. The molecule has 0 aliphatic carbocycles. The Morgan fingerprint density at radius 1 is 1.15 bits per heavy atom. The van der Waals surface area contributed by atoms with E-state index >= 15 is 0 Å². The summed E-state index contributed by atoms with van der Waals surface area (Å²) in [5.74, 6) is 0.932. The van der Waals surface area contributed by atoms with Crippen molar-refractivity contribution >= 4 is 58.8 Å². The molecule has 1 rings (SSSR count). The van der Waals surface area contributed by atoms with Crippen LogP contribution in [0.25, 0.3) is 0 Å². The molecule has 0 atom stereocenters. The van der Waals surface area contributed by atoms with Gasteiger partial charge in [-0.2, -0.15) is 0 Å². The summed E-state index contributed by atoms with van der Waals surface area (Å²) in [5.41, 5.74) is 5.38. The van der Waals surface area contributed by atoms with Gasteiger partial charge in [0.1, 0.15) is 16.8 Å². The molecule has 1 aromatic carbocycles. The molecule has 0 bridgehead atoms. The van der Waals surface area contributed by atoms with Crippen LogP contribution < -0.4 is 15.2 Å². The third-order valence-corrected chi connectivity index (χ3v) is 2.92. The zero-order valence-corrected chi connectivity index (χ0v) is 14.2. The molecule has 0 aromatic heterocycles. The number of hydrogen-bond donors (Lipinski definition) is 1. The molecule has 20 heavy (non-hydrogen) atoms. The summed E-state index contributed by atoms with van der Waals surface area (Å²) < 4.78 is 11.0. The molecule has 1 aromatic rings. The van der Waals surface area contributed by atoms with Crippen LogP contribution in [0, 0.1) is 0 Å². The SMILES string of the molecule is Cl.NCCCOc1c(Cl)cc(OCC=C(Cl)Cl)cc1Cl. The van der Waals surface area contributed by atoms with Crippen LogP contribution >= 0.6 is 58.8 Å². The number of halogens is 5. The van der Waals surface area contributed by atoms with Crippen molar-refractivity contribution in [3.63, 3.8) is 0 Å². The van der Waals surface area contributed by atoms with Crippen molar-refractivity contribution in [3.05, 3.63) is 32.7 Å². The molecular weight excluding hydrogens is 367 g/mol. The van der Waals surface area contributed by atoms with Gasteiger partial charge in [-0.3, -0.25) is 0 Å². The van der Waals surface area contributed by atoms with E-state index in [1.807, 2.05) is 0 Å². The molecule has 0 heterocycles. The number of ether oxygens (including phenoxy) is 2. The predicted molar refractivity (Wildman–Crippen MR) is 88.2 cm³/mol. The quantitative estimate of drug-likeness (QED) is 0.687. The van der Waals surface area contributed by atoms with Crippen LogP contribution in [0.1, 0.15) is 6.42 Å². The monoisotopic (exact) mass is 379 g/mol. The van der Waals surface area contributed by atoms with E-state index in [0.717, 1.165) is 6.42 Å². The first-order valence-electron chi connectivity index (χ1n) is 5.50. The van der Waals surface area contributed by atoms with Gasteiger partial charge in [-0.25, -0.2) is 0 Å². The van der Waals surface area contributed by atoms with E-state index in [4.69, 9.17) is 61.6 Å². The summed E-state index contributed by atoms with van der Waals surface area (Å²) in [6.45, 7) is 1.23. The lowest BCUT2D eigenvalue weighted by Crippen LogP contribution is -2.06. The molecule has 0 saturated heterocycles. The van der Waals surface area contributed by atoms with Crippen LogP contribution in [0.3, 0.4) is 0 Å². The topological polar surface area (TPSA) is 44.5 Å². The lowest BCUT2D eigenvalue weighted by Gasteiger charge is -2.11. The molecule has 2 N–H and O–H groups in total. The van der Waals surface area contributed by atoms with E-state index in [9.17, 15) is 0 Å². The zero-order valence-electron chi connectivity index (χ0n) is 10.4. The molecule has 3 nitrogen and oxygen atoms in total. The Morgan fingerprint density at radius 2 is 1.75 bits per heavy atom. The summed E-state index contributed by atoms with van der Waals surface area (Å²) in [4.78, 5) is 0. The number of rotatable bonds is 7. The van der Waals surface area contributed by atoms with Crippen LogP contribution in [0.5, 0.6) is 11.5 Å². The fourth-order valence-corrected chi connectivity index (χ4v) is 1.92. The van der Waals surface area contributed by atoms with Gasteiger partial charge in [-0.1, -0.05) is 46.4 Å². The number of hydrogen-bond acceptors (Lipinski definition) is 3. The smallest absolute Gasteiger partial charge is 0.156 e. The van der Waals surface area contributed by atoms with Gasteiger partial charge in [0.15, 0.2) is 5.75 Å². The normalized spacial score (nSPS) is 9.65. The molecule has 0 unspecified atom stereocenters. The van der Waals surface area contributed by atoms with Gasteiger partial charge < -0.3 is 15.2 Å². The standard InChI is InChI=1S/C12H13Cl4NO2.ClH/c13-9-6-8(18-5-2-11(15)16)7-10(14)12(9)19-4-1-3-17;/h2,6-7H,1,3-5,17H2;1H. The molecular formula is C12H14Cl5NO2. The van der Waals surface area contributed by atoms with Gasteiger partial charge in [0.05, 0.1) is 16.7 Å². The minimum Gasteiger partial charge on any atom is -0.490 e. The van der Waals surface area contributed by atoms with Gasteiger partial charge in [0.25, 0.3) is 0 Å². The van der Waals surface area contributed by atoms with Gasteiger partial charge in [-0.05, 0) is 19.0 Å². The van der Waals surface area contributed by atoms with Crippen LogP contribution in [0.15, 0.2) is 22.7 Å². The van der Waals surface area contributed by atoms with Gasteiger partial charge in [0, 0.05) is 12.1 Å². The van der Waals surface area contributed by atoms with Crippen LogP contribution in [-0.2, 0) is 0 Å². The highest BCUT2D eigenvalue weighted by Crippen LogP contribution is 2.37. The average Bonchev–Trinajstić information content (AvgIpc) is 2.32. The van der Waals surface area contributed by atoms with E-state index in [2.05, 4.69) is 0 Å². The third kappa shape index (κ3) is 7.11. The fraction of sp³-hybridized carbons (Fsp3) is 0.333. The Bertz CT molecular complexity index is 426. The van der Waals surface area contributed by atoms with Crippen LogP contribution in [0.2, 0.25) is 10.0 Å². The van der Waals surface area contributed by atoms with Crippen molar-refractivity contribution in [2.75, 3.05) is 19.8 Å². The third-order valence-electron chi connectivity index (χ3n) is 2.05. The van der Waals surface area contributed by atoms with Crippen LogP contribution in [-0.4, -0.2) is 19.8 Å². The summed E-state index contributed by atoms with van der Waals surface area (Å²) >= 11 is 23.1. The van der Waals surface area contributed by atoms with Crippen molar-refractivity contribution in [1.82, 2.24) is 0 Å². The van der Waals surface area contributed by atoms with E-state index in [1.165, 1.54) is 6.08 Å². The first-order valence-corrected chi connectivity index (χ1v) is 7.01. The Kier molecular flexibility index (Phi) is 10.6. The summed E-state index contributed by atoms with van der Waals surface area (Å²) in [5, 5.41) is 0.751. The van der Waals surface area contributed by atoms with E-state index in [1.54, 1.807) is 12.1 Å². The van der Waals surface area contributed by atoms with Crippen molar-refractivity contribution < 1.29 is 9.47 Å². The molecule has 0 saturated carbocycles. The summed E-state index contributed by atoms with van der Waals surface area (Å²) in [6.07, 6.45) is 2.24. The highest BCUT2D eigenvalue weighted by Gasteiger charge is 2.10. The molecule has 0 spiro atoms. The first kappa shape index (κ1) is 20.0.